The summed E-state index contributed by atoms with van der Waals surface area (Å²) in [6, 6.07) is 16.9. The van der Waals surface area contributed by atoms with Crippen molar-refractivity contribution in [3.05, 3.63) is 60.2 Å². The number of carbonyl (C=O) groups is 1. The summed E-state index contributed by atoms with van der Waals surface area (Å²) in [7, 11) is 4.51. The van der Waals surface area contributed by atoms with E-state index in [1.165, 1.54) is 18.4 Å². The van der Waals surface area contributed by atoms with Gasteiger partial charge in [-0.3, -0.25) is 0 Å². The number of anilines is 2. The third kappa shape index (κ3) is 4.85. The van der Waals surface area contributed by atoms with Crippen molar-refractivity contribution in [1.82, 2.24) is 0 Å². The number of methoxy groups -OCH3 is 3. The van der Waals surface area contributed by atoms with Crippen molar-refractivity contribution in [2.24, 2.45) is 0 Å². The Morgan fingerprint density at radius 1 is 0.966 bits per heavy atom. The monoisotopic (exact) mass is 428 g/mol. The molecule has 0 aliphatic heterocycles. The largest absolute Gasteiger partial charge is 0.497 e. The van der Waals surface area contributed by atoms with E-state index in [1.807, 2.05) is 30.3 Å². The normalized spacial score (nSPS) is 10.2. The van der Waals surface area contributed by atoms with Gasteiger partial charge in [0.25, 0.3) is 0 Å². The lowest BCUT2D eigenvalue weighted by molar-refractivity contribution is 0.0602. The number of nitrogens with one attached hydrogen (secondary N) is 2. The van der Waals surface area contributed by atoms with E-state index in [-0.39, 0.29) is 0 Å². The molecule has 0 bridgehead atoms. The van der Waals surface area contributed by atoms with E-state index in [0.29, 0.717) is 32.9 Å². The summed E-state index contributed by atoms with van der Waals surface area (Å²) in [6.45, 7) is 0. The van der Waals surface area contributed by atoms with Gasteiger partial charge in [-0.1, -0.05) is 30.3 Å². The van der Waals surface area contributed by atoms with Gasteiger partial charge in [-0.05, 0) is 36.0 Å². The maximum atomic E-state index is 12.2. The number of thiophene rings is 1. The predicted molar refractivity (Wildman–Crippen MR) is 120 cm³/mol. The summed E-state index contributed by atoms with van der Waals surface area (Å²) in [4.78, 5) is 13.2. The fourth-order valence-corrected chi connectivity index (χ4v) is 3.98. The van der Waals surface area contributed by atoms with Crippen LogP contribution in [0.4, 0.5) is 10.7 Å². The number of esters is 1. The SMILES string of the molecule is COC(=O)c1cc(-c2ccccc2)sc1NC(=S)Nc1ccc(OC)cc1OC. The van der Waals surface area contributed by atoms with Gasteiger partial charge in [0, 0.05) is 10.9 Å². The van der Waals surface area contributed by atoms with Crippen LogP contribution >= 0.6 is 23.6 Å². The fraction of sp³-hybridized carbons (Fsp3) is 0.143. The quantitative estimate of drug-likeness (QED) is 0.422. The Balaban J connectivity index is 1.84. The molecule has 0 saturated carbocycles. The molecule has 2 aromatic carbocycles. The average molecular weight is 429 g/mol. The second-order valence-electron chi connectivity index (χ2n) is 5.86. The van der Waals surface area contributed by atoms with Crippen LogP contribution in [0.15, 0.2) is 54.6 Å². The first kappa shape index (κ1) is 20.6. The highest BCUT2D eigenvalue weighted by molar-refractivity contribution is 7.80. The predicted octanol–water partition coefficient (Wildman–Crippen LogP) is 5.03. The molecule has 0 aliphatic carbocycles. The smallest absolute Gasteiger partial charge is 0.340 e. The zero-order valence-electron chi connectivity index (χ0n) is 16.1. The number of rotatable bonds is 6. The summed E-state index contributed by atoms with van der Waals surface area (Å²) < 4.78 is 15.5. The van der Waals surface area contributed by atoms with Gasteiger partial charge in [0.2, 0.25) is 0 Å². The van der Waals surface area contributed by atoms with E-state index in [9.17, 15) is 4.79 Å². The lowest BCUT2D eigenvalue weighted by Gasteiger charge is -2.14. The molecule has 1 heterocycles. The topological polar surface area (TPSA) is 68.8 Å². The Kier molecular flexibility index (Phi) is 6.69. The van der Waals surface area contributed by atoms with Crippen molar-refractivity contribution in [2.45, 2.75) is 0 Å². The Morgan fingerprint density at radius 2 is 1.72 bits per heavy atom. The Bertz CT molecular complexity index is 1020. The first-order valence-corrected chi connectivity index (χ1v) is 9.85. The van der Waals surface area contributed by atoms with E-state index in [1.54, 1.807) is 38.5 Å². The molecule has 0 fully saturated rings. The van der Waals surface area contributed by atoms with E-state index >= 15 is 0 Å². The Labute approximate surface area is 178 Å². The van der Waals surface area contributed by atoms with Gasteiger partial charge in [0.15, 0.2) is 5.11 Å². The van der Waals surface area contributed by atoms with Crippen molar-refractivity contribution < 1.29 is 19.0 Å². The molecule has 2 N–H and O–H groups in total. The zero-order chi connectivity index (χ0) is 20.8. The molecule has 3 aromatic rings. The molecule has 0 aliphatic rings. The molecule has 0 spiro atoms. The molecule has 8 heteroatoms. The minimum Gasteiger partial charge on any atom is -0.497 e. The maximum Gasteiger partial charge on any atom is 0.340 e. The van der Waals surface area contributed by atoms with Gasteiger partial charge in [0.1, 0.15) is 16.5 Å². The first-order chi connectivity index (χ1) is 14.0. The minimum atomic E-state index is -0.434. The molecule has 0 atom stereocenters. The number of carbonyl (C=O) groups excluding carboxylic acids is 1. The molecule has 0 amide bonds. The van der Waals surface area contributed by atoms with Crippen LogP contribution in [0, 0.1) is 0 Å². The Hall–Kier alpha value is -3.10. The van der Waals surface area contributed by atoms with E-state index < -0.39 is 5.97 Å². The Morgan fingerprint density at radius 3 is 2.38 bits per heavy atom. The average Bonchev–Trinajstić information content (AvgIpc) is 3.17. The summed E-state index contributed by atoms with van der Waals surface area (Å²) >= 11 is 6.86. The van der Waals surface area contributed by atoms with Crippen LogP contribution in [0.25, 0.3) is 10.4 Å². The number of hydrogen-bond donors (Lipinski definition) is 2. The van der Waals surface area contributed by atoms with Crippen molar-refractivity contribution in [2.75, 3.05) is 32.0 Å². The van der Waals surface area contributed by atoms with Crippen molar-refractivity contribution in [1.29, 1.82) is 0 Å². The van der Waals surface area contributed by atoms with E-state index in [2.05, 4.69) is 10.6 Å². The second-order valence-corrected chi connectivity index (χ2v) is 7.32. The van der Waals surface area contributed by atoms with Crippen LogP contribution in [0.3, 0.4) is 0 Å². The molecule has 150 valence electrons. The zero-order valence-corrected chi connectivity index (χ0v) is 17.8. The van der Waals surface area contributed by atoms with Crippen LogP contribution in [0.5, 0.6) is 11.5 Å². The number of ether oxygens (including phenoxy) is 3. The van der Waals surface area contributed by atoms with Gasteiger partial charge in [-0.15, -0.1) is 11.3 Å². The van der Waals surface area contributed by atoms with E-state index in [0.717, 1.165) is 10.4 Å². The second kappa shape index (κ2) is 9.40. The number of thiocarbonyl (C=S) groups is 1. The molecular weight excluding hydrogens is 408 g/mol. The van der Waals surface area contributed by atoms with Gasteiger partial charge in [0.05, 0.1) is 32.6 Å². The lowest BCUT2D eigenvalue weighted by atomic mass is 10.1. The van der Waals surface area contributed by atoms with Crippen LogP contribution in [0.2, 0.25) is 0 Å². The number of benzene rings is 2. The molecule has 1 aromatic heterocycles. The van der Waals surface area contributed by atoms with Gasteiger partial charge < -0.3 is 24.8 Å². The van der Waals surface area contributed by atoms with Gasteiger partial charge >= 0.3 is 5.97 Å². The van der Waals surface area contributed by atoms with Gasteiger partial charge in [-0.2, -0.15) is 0 Å². The van der Waals surface area contributed by atoms with Crippen molar-refractivity contribution in [3.63, 3.8) is 0 Å². The third-order valence-electron chi connectivity index (χ3n) is 4.08. The molecule has 3 rings (SSSR count). The summed E-state index contributed by atoms with van der Waals surface area (Å²) in [5.74, 6) is 0.818. The fourth-order valence-electron chi connectivity index (χ4n) is 2.65. The highest BCUT2D eigenvalue weighted by atomic mass is 32.1. The summed E-state index contributed by atoms with van der Waals surface area (Å²) in [6.07, 6.45) is 0. The third-order valence-corrected chi connectivity index (χ3v) is 5.38. The standard InChI is InChI=1S/C21H20N2O4S2/c1-25-14-9-10-16(17(11-14)26-2)22-21(28)23-19-15(20(24)27-3)12-18(29-19)13-7-5-4-6-8-13/h4-12H,1-3H3,(H2,22,23,28). The minimum absolute atomic E-state index is 0.320. The maximum absolute atomic E-state index is 12.2. The van der Waals surface area contributed by atoms with Crippen LogP contribution in [-0.2, 0) is 4.74 Å². The lowest BCUT2D eigenvalue weighted by Crippen LogP contribution is -2.20. The molecule has 0 radical (unpaired) electrons. The number of hydrogen-bond acceptors (Lipinski definition) is 6. The van der Waals surface area contributed by atoms with Crippen LogP contribution in [-0.4, -0.2) is 32.4 Å². The molecule has 6 nitrogen and oxygen atoms in total. The molecule has 29 heavy (non-hydrogen) atoms. The van der Waals surface area contributed by atoms with Crippen molar-refractivity contribution in [3.8, 4) is 21.9 Å². The molecular formula is C21H20N2O4S2. The molecule has 0 saturated heterocycles. The van der Waals surface area contributed by atoms with Crippen LogP contribution in [0.1, 0.15) is 10.4 Å². The van der Waals surface area contributed by atoms with Crippen LogP contribution < -0.4 is 20.1 Å². The summed E-state index contributed by atoms with van der Waals surface area (Å²) in [5, 5.41) is 7.10. The first-order valence-electron chi connectivity index (χ1n) is 8.63. The molecule has 0 unspecified atom stereocenters. The van der Waals surface area contributed by atoms with E-state index in [4.69, 9.17) is 26.4 Å². The highest BCUT2D eigenvalue weighted by Gasteiger charge is 2.19. The summed E-state index contributed by atoms with van der Waals surface area (Å²) in [5.41, 5.74) is 2.10. The van der Waals surface area contributed by atoms with Crippen molar-refractivity contribution >= 4 is 45.3 Å². The highest BCUT2D eigenvalue weighted by Crippen LogP contribution is 2.36. The van der Waals surface area contributed by atoms with Gasteiger partial charge in [-0.25, -0.2) is 4.79 Å².